The summed E-state index contributed by atoms with van der Waals surface area (Å²) in [4.78, 5) is 27.7. The molecule has 218 valence electrons. The Bertz CT molecular complexity index is 1500. The average Bonchev–Trinajstić information content (AvgIpc) is 3.78. The van der Waals surface area contributed by atoms with Crippen LogP contribution in [0.3, 0.4) is 0 Å². The van der Waals surface area contributed by atoms with E-state index in [0.29, 0.717) is 17.5 Å². The van der Waals surface area contributed by atoms with Crippen molar-refractivity contribution in [1.29, 1.82) is 0 Å². The second-order valence-electron chi connectivity index (χ2n) is 9.86. The molecule has 0 saturated carbocycles. The number of carbonyl (C=O) groups excluding carboxylic acids is 2. The number of hydrogen-bond acceptors (Lipinski definition) is 4. The van der Waals surface area contributed by atoms with Crippen molar-refractivity contribution in [1.82, 2.24) is 4.90 Å². The molecule has 2 N–H and O–H groups in total. The van der Waals surface area contributed by atoms with E-state index >= 15 is 0 Å². The van der Waals surface area contributed by atoms with Crippen LogP contribution < -0.4 is 0 Å². The van der Waals surface area contributed by atoms with E-state index in [4.69, 9.17) is 0 Å². The van der Waals surface area contributed by atoms with E-state index in [1.54, 1.807) is 48.5 Å². The quantitative estimate of drug-likeness (QED) is 0.0827. The van der Waals surface area contributed by atoms with Gasteiger partial charge < -0.3 is 40.5 Å². The Morgan fingerprint density at radius 2 is 1.17 bits per heavy atom. The Balaban J connectivity index is 0.000000612. The summed E-state index contributed by atoms with van der Waals surface area (Å²) in [6.45, 7) is 0. The van der Waals surface area contributed by atoms with E-state index in [-0.39, 0.29) is 46.4 Å². The first-order valence-corrected chi connectivity index (χ1v) is 13.7. The van der Waals surface area contributed by atoms with E-state index in [9.17, 15) is 19.8 Å². The van der Waals surface area contributed by atoms with Gasteiger partial charge >= 0.3 is 0 Å². The van der Waals surface area contributed by atoms with E-state index < -0.39 is 0 Å². The molecule has 1 heterocycles. The van der Waals surface area contributed by atoms with Gasteiger partial charge in [0.1, 0.15) is 11.5 Å². The zero-order chi connectivity index (χ0) is 28.6. The van der Waals surface area contributed by atoms with Crippen LogP contribution in [-0.2, 0) is 17.1 Å². The van der Waals surface area contributed by atoms with E-state index in [2.05, 4.69) is 6.08 Å². The largest absolute Gasteiger partial charge is 0.748 e. The number of rotatable bonds is 8. The molecule has 0 saturated heterocycles. The second kappa shape index (κ2) is 14.3. The maximum Gasteiger partial charge on any atom is 0.261 e. The van der Waals surface area contributed by atoms with E-state index in [1.807, 2.05) is 78.9 Å². The van der Waals surface area contributed by atoms with Gasteiger partial charge in [0.2, 0.25) is 0 Å². The molecule has 0 aromatic heterocycles. The summed E-state index contributed by atoms with van der Waals surface area (Å²) >= 11 is 0. The minimum absolute atomic E-state index is 0. The first-order valence-electron chi connectivity index (χ1n) is 13.7. The molecular weight excluding hydrogens is 566 g/mol. The SMILES string of the molecule is O=C1c2ccccc2C(=O)N1C(CCCC=C(c1ccc(O)cc1)c1ccc(O)cc1)[c-]1cccc1.[Fe].[cH-]1[cH-][cH-][cH-][cH-]1. The number of phenolic OH excluding ortho intramolecular Hbond substituents is 2. The van der Waals surface area contributed by atoms with Gasteiger partial charge in [0.15, 0.2) is 0 Å². The molecule has 1 aliphatic rings. The molecule has 0 fully saturated rings. The summed E-state index contributed by atoms with van der Waals surface area (Å²) in [6, 6.07) is 38.5. The molecule has 6 rings (SSSR count). The molecule has 5 nitrogen and oxygen atoms in total. The third kappa shape index (κ3) is 6.98. The van der Waals surface area contributed by atoms with Crippen LogP contribution in [0.15, 0.2) is 133 Å². The summed E-state index contributed by atoms with van der Waals surface area (Å²) < 4.78 is 0. The number of hydrogen-bond donors (Lipinski definition) is 2. The zero-order valence-electron chi connectivity index (χ0n) is 22.9. The Labute approximate surface area is 256 Å². The molecule has 1 aliphatic heterocycles. The van der Waals surface area contributed by atoms with Crippen molar-refractivity contribution in [3.63, 3.8) is 0 Å². The average molecular weight is 597 g/mol. The Morgan fingerprint density at radius 1 is 0.714 bits per heavy atom. The number of imide groups is 1. The maximum atomic E-state index is 13.2. The van der Waals surface area contributed by atoms with Crippen LogP contribution in [0.25, 0.3) is 5.57 Å². The van der Waals surface area contributed by atoms with Gasteiger partial charge in [0.05, 0.1) is 11.1 Å². The maximum absolute atomic E-state index is 13.2. The van der Waals surface area contributed by atoms with Crippen molar-refractivity contribution in [2.75, 3.05) is 0 Å². The van der Waals surface area contributed by atoms with Crippen LogP contribution in [0.4, 0.5) is 0 Å². The molecule has 0 radical (unpaired) electrons. The van der Waals surface area contributed by atoms with Crippen molar-refractivity contribution in [2.24, 2.45) is 0 Å². The number of carbonyl (C=O) groups is 2. The molecule has 42 heavy (non-hydrogen) atoms. The summed E-state index contributed by atoms with van der Waals surface area (Å²) in [5.41, 5.74) is 4.76. The molecule has 0 aliphatic carbocycles. The Hall–Kier alpha value is -4.64. The number of nitrogens with zero attached hydrogens (tertiary/aromatic N) is 1. The van der Waals surface area contributed by atoms with Crippen LogP contribution in [0, 0.1) is 0 Å². The number of benzene rings is 3. The number of allylic oxidation sites excluding steroid dienone is 1. The molecule has 1 unspecified atom stereocenters. The molecule has 0 spiro atoms. The fourth-order valence-electron chi connectivity index (χ4n) is 5.11. The minimum atomic E-state index is -0.341. The first-order chi connectivity index (χ1) is 20.0. The van der Waals surface area contributed by atoms with Gasteiger partial charge in [-0.05, 0) is 72.4 Å². The number of phenols is 2. The summed E-state index contributed by atoms with van der Waals surface area (Å²) in [6.07, 6.45) is 4.23. The molecule has 2 amide bonds. The fraction of sp³-hybridized carbons (Fsp3) is 0.111. The number of amides is 2. The number of unbranched alkanes of at least 4 members (excludes halogenated alkanes) is 1. The van der Waals surface area contributed by atoms with Crippen molar-refractivity contribution in [3.05, 3.63) is 161 Å². The molecule has 1 atom stereocenters. The fourth-order valence-corrected chi connectivity index (χ4v) is 5.11. The van der Waals surface area contributed by atoms with Gasteiger partial charge in [-0.3, -0.25) is 14.5 Å². The van der Waals surface area contributed by atoms with Gasteiger partial charge in [0, 0.05) is 23.1 Å². The van der Waals surface area contributed by atoms with Crippen LogP contribution in [-0.4, -0.2) is 26.9 Å². The molecule has 5 aromatic carbocycles. The third-order valence-corrected chi connectivity index (χ3v) is 7.15. The minimum Gasteiger partial charge on any atom is -0.748 e. The molecule has 0 bridgehead atoms. The van der Waals surface area contributed by atoms with Gasteiger partial charge in [-0.15, -0.1) is 5.56 Å². The van der Waals surface area contributed by atoms with Gasteiger partial charge in [-0.2, -0.15) is 12.1 Å². The molecule has 6 heteroatoms. The predicted molar refractivity (Wildman–Crippen MR) is 161 cm³/mol. The smallest absolute Gasteiger partial charge is 0.261 e. The van der Waals surface area contributed by atoms with Crippen LogP contribution in [0.5, 0.6) is 11.5 Å². The van der Waals surface area contributed by atoms with Crippen molar-refractivity contribution in [3.8, 4) is 11.5 Å². The van der Waals surface area contributed by atoms with E-state index in [1.165, 1.54) is 4.90 Å². The molecular formula is C36H31FeNO4-6. The topological polar surface area (TPSA) is 77.8 Å². The van der Waals surface area contributed by atoms with Crippen LogP contribution in [0.1, 0.15) is 62.7 Å². The van der Waals surface area contributed by atoms with Crippen molar-refractivity contribution in [2.45, 2.75) is 25.3 Å². The predicted octanol–water partition coefficient (Wildman–Crippen LogP) is 7.86. The summed E-state index contributed by atoms with van der Waals surface area (Å²) in [7, 11) is 0. The normalized spacial score (nSPS) is 12.5. The van der Waals surface area contributed by atoms with Crippen molar-refractivity contribution >= 4 is 17.4 Å². The van der Waals surface area contributed by atoms with Crippen LogP contribution >= 0.6 is 0 Å². The summed E-state index contributed by atoms with van der Waals surface area (Å²) in [5.74, 6) is -0.0954. The van der Waals surface area contributed by atoms with Crippen LogP contribution in [0.2, 0.25) is 0 Å². The zero-order valence-corrected chi connectivity index (χ0v) is 24.0. The summed E-state index contributed by atoms with van der Waals surface area (Å²) in [5, 5.41) is 19.4. The van der Waals surface area contributed by atoms with Gasteiger partial charge in [-0.1, -0.05) is 42.5 Å². The second-order valence-corrected chi connectivity index (χ2v) is 9.86. The van der Waals surface area contributed by atoms with E-state index in [0.717, 1.165) is 35.1 Å². The van der Waals surface area contributed by atoms with Gasteiger partial charge in [-0.25, -0.2) is 12.1 Å². The van der Waals surface area contributed by atoms with Crippen molar-refractivity contribution < 1.29 is 36.9 Å². The molecule has 5 aromatic rings. The Morgan fingerprint density at radius 3 is 1.62 bits per heavy atom. The Kier molecular flexibility index (Phi) is 10.3. The van der Waals surface area contributed by atoms with Gasteiger partial charge in [0.25, 0.3) is 11.8 Å². The first kappa shape index (κ1) is 30.3. The third-order valence-electron chi connectivity index (χ3n) is 7.15. The standard InChI is InChI=1S/C31H26NO4.C5H5.Fe/c33-24-17-13-21(14-18-24)26(22-15-19-25(34)20-16-22)9-5-6-12-29(23-7-1-2-8-23)32-30(35)27-10-3-4-11-28(27)31(32)36;1-2-4-5-3-1;/h1-4,7-11,13-20,29,33-34H,5-6,12H2;1-5H;/q-1;-5;. The number of aromatic hydroxyl groups is 2. The monoisotopic (exact) mass is 597 g/mol. The number of fused-ring (bicyclic) bond motifs is 1.